The number of hydrogen-bond donors (Lipinski definition) is 3. The standard InChI is InChI=1S/C21H17F4N5O2/c1-11-16(4-3-5-27-11)29-18-17(8-13(10-28-18)19(31)26-2)30-20(32)12-6-14(21(23,24)25)9-15(22)7-12/h3-10H,1-2H3,(H,26,31)(H,28,29)(H,30,32). The van der Waals surface area contributed by atoms with E-state index in [1.807, 2.05) is 0 Å². The molecule has 2 aromatic heterocycles. The minimum Gasteiger partial charge on any atom is -0.355 e. The molecule has 3 N–H and O–H groups in total. The van der Waals surface area contributed by atoms with Crippen LogP contribution in [0.25, 0.3) is 0 Å². The lowest BCUT2D eigenvalue weighted by atomic mass is 10.1. The van der Waals surface area contributed by atoms with Crippen LogP contribution in [0.3, 0.4) is 0 Å². The van der Waals surface area contributed by atoms with Crippen LogP contribution in [0.15, 0.2) is 48.8 Å². The number of pyridine rings is 2. The molecule has 0 atom stereocenters. The Morgan fingerprint density at radius 1 is 0.969 bits per heavy atom. The molecule has 2 amide bonds. The number of rotatable bonds is 5. The topological polar surface area (TPSA) is 96.0 Å². The van der Waals surface area contributed by atoms with E-state index in [0.717, 1.165) is 0 Å². The highest BCUT2D eigenvalue weighted by Crippen LogP contribution is 2.31. The van der Waals surface area contributed by atoms with Crippen molar-refractivity contribution in [3.05, 3.63) is 77.0 Å². The van der Waals surface area contributed by atoms with Gasteiger partial charge in [-0.3, -0.25) is 14.6 Å². The maximum Gasteiger partial charge on any atom is 0.416 e. The van der Waals surface area contributed by atoms with Crippen molar-refractivity contribution in [1.29, 1.82) is 0 Å². The van der Waals surface area contributed by atoms with Crippen molar-refractivity contribution >= 4 is 29.0 Å². The second-order valence-corrected chi connectivity index (χ2v) is 6.64. The van der Waals surface area contributed by atoms with Gasteiger partial charge in [0.1, 0.15) is 5.82 Å². The zero-order chi connectivity index (χ0) is 23.5. The van der Waals surface area contributed by atoms with Crippen LogP contribution in [-0.4, -0.2) is 28.8 Å². The Balaban J connectivity index is 2.00. The van der Waals surface area contributed by atoms with Gasteiger partial charge in [-0.05, 0) is 43.3 Å². The Hall–Kier alpha value is -4.02. The van der Waals surface area contributed by atoms with E-state index in [-0.39, 0.29) is 17.1 Å². The first kappa shape index (κ1) is 22.7. The van der Waals surface area contributed by atoms with Gasteiger partial charge in [0, 0.05) is 25.0 Å². The summed E-state index contributed by atoms with van der Waals surface area (Å²) in [7, 11) is 1.40. The molecular formula is C21H17F4N5O2. The molecule has 0 saturated carbocycles. The molecular weight excluding hydrogens is 430 g/mol. The molecule has 0 aliphatic rings. The molecule has 11 heteroatoms. The molecule has 7 nitrogen and oxygen atoms in total. The number of nitrogens with one attached hydrogen (secondary N) is 3. The van der Waals surface area contributed by atoms with Gasteiger partial charge in [-0.25, -0.2) is 9.37 Å². The first-order valence-electron chi connectivity index (χ1n) is 9.18. The highest BCUT2D eigenvalue weighted by atomic mass is 19.4. The average molecular weight is 447 g/mol. The highest BCUT2D eigenvalue weighted by molar-refractivity contribution is 6.07. The van der Waals surface area contributed by atoms with Crippen molar-refractivity contribution in [3.8, 4) is 0 Å². The van der Waals surface area contributed by atoms with Crippen LogP contribution in [0.2, 0.25) is 0 Å². The number of carbonyl (C=O) groups is 2. The lowest BCUT2D eigenvalue weighted by Gasteiger charge is -2.15. The van der Waals surface area contributed by atoms with Gasteiger partial charge in [-0.15, -0.1) is 0 Å². The predicted molar refractivity (Wildman–Crippen MR) is 109 cm³/mol. The molecule has 0 radical (unpaired) electrons. The Labute approximate surface area is 179 Å². The number of halogens is 4. The van der Waals surface area contributed by atoms with Crippen molar-refractivity contribution in [2.75, 3.05) is 17.7 Å². The quantitative estimate of drug-likeness (QED) is 0.507. The molecule has 3 aromatic rings. The van der Waals surface area contributed by atoms with Crippen LogP contribution < -0.4 is 16.0 Å². The van der Waals surface area contributed by atoms with Gasteiger partial charge in [0.05, 0.1) is 28.2 Å². The Morgan fingerprint density at radius 3 is 2.38 bits per heavy atom. The lowest BCUT2D eigenvalue weighted by Crippen LogP contribution is -2.20. The summed E-state index contributed by atoms with van der Waals surface area (Å²) in [5.74, 6) is -2.62. The third-order valence-corrected chi connectivity index (χ3v) is 4.37. The zero-order valence-electron chi connectivity index (χ0n) is 16.8. The smallest absolute Gasteiger partial charge is 0.355 e. The van der Waals surface area contributed by atoms with Gasteiger partial charge in [0.25, 0.3) is 11.8 Å². The highest BCUT2D eigenvalue weighted by Gasteiger charge is 2.32. The zero-order valence-corrected chi connectivity index (χ0v) is 16.8. The fraction of sp³-hybridized carbons (Fsp3) is 0.143. The SMILES string of the molecule is CNC(=O)c1cnc(Nc2cccnc2C)c(NC(=O)c2cc(F)cc(C(F)(F)F)c2)c1. The van der Waals surface area contributed by atoms with E-state index in [9.17, 15) is 27.2 Å². The van der Waals surface area contributed by atoms with E-state index in [4.69, 9.17) is 0 Å². The second kappa shape index (κ2) is 9.00. The van der Waals surface area contributed by atoms with Crippen molar-refractivity contribution in [2.45, 2.75) is 13.1 Å². The normalized spacial score (nSPS) is 11.1. The summed E-state index contributed by atoms with van der Waals surface area (Å²) in [6.07, 6.45) is -2.00. The second-order valence-electron chi connectivity index (χ2n) is 6.64. The molecule has 0 unspecified atom stereocenters. The molecule has 0 fully saturated rings. The summed E-state index contributed by atoms with van der Waals surface area (Å²) in [4.78, 5) is 32.9. The van der Waals surface area contributed by atoms with Gasteiger partial charge in [-0.1, -0.05) is 0 Å². The Bertz CT molecular complexity index is 1180. The van der Waals surface area contributed by atoms with Crippen LogP contribution in [-0.2, 0) is 6.18 Å². The van der Waals surface area contributed by atoms with Crippen molar-refractivity contribution in [1.82, 2.24) is 15.3 Å². The van der Waals surface area contributed by atoms with Crippen molar-refractivity contribution in [2.24, 2.45) is 0 Å². The molecule has 1 aromatic carbocycles. The number of carbonyl (C=O) groups excluding carboxylic acids is 2. The summed E-state index contributed by atoms with van der Waals surface area (Å²) in [6, 6.07) is 6.17. The van der Waals surface area contributed by atoms with E-state index in [2.05, 4.69) is 25.9 Å². The van der Waals surface area contributed by atoms with Crippen molar-refractivity contribution < 1.29 is 27.2 Å². The first-order chi connectivity index (χ1) is 15.1. The van der Waals surface area contributed by atoms with Gasteiger partial charge in [0.2, 0.25) is 0 Å². The fourth-order valence-electron chi connectivity index (χ4n) is 2.75. The van der Waals surface area contributed by atoms with Gasteiger partial charge in [0.15, 0.2) is 5.82 Å². The molecule has 32 heavy (non-hydrogen) atoms. The maximum atomic E-state index is 13.7. The van der Waals surface area contributed by atoms with E-state index in [0.29, 0.717) is 29.6 Å². The number of alkyl halides is 3. The minimum atomic E-state index is -4.83. The summed E-state index contributed by atoms with van der Waals surface area (Å²) in [6.45, 7) is 1.73. The number of anilines is 3. The number of benzene rings is 1. The van der Waals surface area contributed by atoms with E-state index in [1.54, 1.807) is 25.3 Å². The van der Waals surface area contributed by atoms with Crippen LogP contribution >= 0.6 is 0 Å². The van der Waals surface area contributed by atoms with Crippen LogP contribution in [0.1, 0.15) is 32.0 Å². The average Bonchev–Trinajstić information content (AvgIpc) is 2.74. The lowest BCUT2D eigenvalue weighted by molar-refractivity contribution is -0.137. The van der Waals surface area contributed by atoms with E-state index in [1.165, 1.54) is 19.3 Å². The van der Waals surface area contributed by atoms with Crippen LogP contribution in [0.5, 0.6) is 0 Å². The summed E-state index contributed by atoms with van der Waals surface area (Å²) >= 11 is 0. The molecule has 2 heterocycles. The van der Waals surface area contributed by atoms with Gasteiger partial charge < -0.3 is 16.0 Å². The molecule has 166 valence electrons. The predicted octanol–water partition coefficient (Wildman–Crippen LogP) is 4.30. The Morgan fingerprint density at radius 2 is 1.72 bits per heavy atom. The van der Waals surface area contributed by atoms with Crippen LogP contribution in [0, 0.1) is 12.7 Å². The monoisotopic (exact) mass is 447 g/mol. The number of hydrogen-bond acceptors (Lipinski definition) is 5. The third kappa shape index (κ3) is 5.17. The number of aromatic nitrogens is 2. The van der Waals surface area contributed by atoms with Gasteiger partial charge >= 0.3 is 6.18 Å². The molecule has 0 spiro atoms. The molecule has 0 saturated heterocycles. The molecule has 0 bridgehead atoms. The summed E-state index contributed by atoms with van der Waals surface area (Å²) in [5, 5.41) is 7.75. The third-order valence-electron chi connectivity index (χ3n) is 4.37. The summed E-state index contributed by atoms with van der Waals surface area (Å²) in [5.41, 5.74) is -0.603. The maximum absolute atomic E-state index is 13.7. The molecule has 0 aliphatic carbocycles. The molecule has 3 rings (SSSR count). The van der Waals surface area contributed by atoms with E-state index < -0.39 is 34.9 Å². The largest absolute Gasteiger partial charge is 0.416 e. The van der Waals surface area contributed by atoms with E-state index >= 15 is 0 Å². The number of amides is 2. The first-order valence-corrected chi connectivity index (χ1v) is 9.18. The summed E-state index contributed by atoms with van der Waals surface area (Å²) < 4.78 is 52.7. The molecule has 0 aliphatic heterocycles. The Kier molecular flexibility index (Phi) is 6.37. The van der Waals surface area contributed by atoms with Crippen LogP contribution in [0.4, 0.5) is 34.8 Å². The minimum absolute atomic E-state index is 0.00262. The number of nitrogens with zero attached hydrogens (tertiary/aromatic N) is 2. The van der Waals surface area contributed by atoms with Crippen molar-refractivity contribution in [3.63, 3.8) is 0 Å². The fourth-order valence-corrected chi connectivity index (χ4v) is 2.75. The van der Waals surface area contributed by atoms with Gasteiger partial charge in [-0.2, -0.15) is 13.2 Å². The number of aryl methyl sites for hydroxylation is 1.